The van der Waals surface area contributed by atoms with Crippen LogP contribution in [0.25, 0.3) is 0 Å². The van der Waals surface area contributed by atoms with E-state index in [9.17, 15) is 21.6 Å². The number of nitrogens with one attached hydrogen (secondary N) is 3. The van der Waals surface area contributed by atoms with E-state index in [-0.39, 0.29) is 23.6 Å². The molecule has 2 aromatic rings. The maximum Gasteiger partial charge on any atom is 0.233 e. The number of rotatable bonds is 8. The molecule has 0 bridgehead atoms. The van der Waals surface area contributed by atoms with Gasteiger partial charge in [0, 0.05) is 12.2 Å². The molecule has 1 unspecified atom stereocenters. The van der Waals surface area contributed by atoms with Crippen LogP contribution >= 0.6 is 0 Å². The molecule has 0 aliphatic carbocycles. The lowest BCUT2D eigenvalue weighted by atomic mass is 9.98. The van der Waals surface area contributed by atoms with Crippen molar-refractivity contribution >= 4 is 43.0 Å². The van der Waals surface area contributed by atoms with Gasteiger partial charge >= 0.3 is 0 Å². The summed E-state index contributed by atoms with van der Waals surface area (Å²) in [6.07, 6.45) is 1.92. The van der Waals surface area contributed by atoms with Crippen molar-refractivity contribution in [3.63, 3.8) is 0 Å². The first-order valence-electron chi connectivity index (χ1n) is 8.13. The van der Waals surface area contributed by atoms with Gasteiger partial charge in [-0.1, -0.05) is 30.3 Å². The number of hydrogen-bond donors (Lipinski definition) is 4. The summed E-state index contributed by atoms with van der Waals surface area (Å²) in [5.74, 6) is -1.03. The number of nitrogens with two attached hydrogens (primary N) is 1. The molecule has 1 atom stereocenters. The third kappa shape index (κ3) is 6.83. The Labute approximate surface area is 164 Å². The zero-order chi connectivity index (χ0) is 20.9. The number of benzene rings is 2. The number of anilines is 3. The summed E-state index contributed by atoms with van der Waals surface area (Å²) >= 11 is 0. The fourth-order valence-corrected chi connectivity index (χ4v) is 3.65. The van der Waals surface area contributed by atoms with Crippen molar-refractivity contribution in [3.05, 3.63) is 54.1 Å². The van der Waals surface area contributed by atoms with Crippen LogP contribution in [0, 0.1) is 0 Å². The minimum absolute atomic E-state index is 0.0611. The van der Waals surface area contributed by atoms with Crippen LogP contribution in [0.1, 0.15) is 11.5 Å². The first-order valence-corrected chi connectivity index (χ1v) is 11.9. The second-order valence-corrected chi connectivity index (χ2v) is 9.73. The first-order chi connectivity index (χ1) is 13.0. The van der Waals surface area contributed by atoms with Gasteiger partial charge in [-0.15, -0.1) is 0 Å². The Hall–Kier alpha value is -2.63. The van der Waals surface area contributed by atoms with E-state index in [2.05, 4.69) is 14.8 Å². The lowest BCUT2D eigenvalue weighted by Crippen LogP contribution is -2.27. The van der Waals surface area contributed by atoms with Crippen molar-refractivity contribution in [1.82, 2.24) is 0 Å². The lowest BCUT2D eigenvalue weighted by Gasteiger charge is -2.17. The van der Waals surface area contributed by atoms with Gasteiger partial charge in [0.2, 0.25) is 26.0 Å². The molecule has 9 nitrogen and oxygen atoms in total. The minimum Gasteiger partial charge on any atom is -0.329 e. The van der Waals surface area contributed by atoms with Crippen LogP contribution in [0.3, 0.4) is 0 Å². The molecule has 28 heavy (non-hydrogen) atoms. The van der Waals surface area contributed by atoms with Gasteiger partial charge in [0.25, 0.3) is 0 Å². The Bertz CT molecular complexity index is 1000. The second-order valence-electron chi connectivity index (χ2n) is 6.24. The Balaban J connectivity index is 2.35. The molecule has 0 aromatic heterocycles. The van der Waals surface area contributed by atoms with Crippen molar-refractivity contribution in [2.45, 2.75) is 5.92 Å². The molecule has 2 aromatic carbocycles. The largest absolute Gasteiger partial charge is 0.329 e. The van der Waals surface area contributed by atoms with Gasteiger partial charge in [0.1, 0.15) is 0 Å². The third-order valence-electron chi connectivity index (χ3n) is 3.56. The summed E-state index contributed by atoms with van der Waals surface area (Å²) in [6, 6.07) is 13.0. The highest BCUT2D eigenvalue weighted by molar-refractivity contribution is 7.92. The minimum atomic E-state index is -3.61. The molecular formula is C17H22N4O5S2. The normalized spacial score (nSPS) is 12.8. The molecule has 0 fully saturated rings. The molecule has 2 rings (SSSR count). The van der Waals surface area contributed by atoms with Gasteiger partial charge in [-0.05, 0) is 23.8 Å². The Morgan fingerprint density at radius 3 is 1.79 bits per heavy atom. The third-order valence-corrected chi connectivity index (χ3v) is 4.77. The van der Waals surface area contributed by atoms with Crippen molar-refractivity contribution in [3.8, 4) is 0 Å². The van der Waals surface area contributed by atoms with Crippen molar-refractivity contribution in [1.29, 1.82) is 0 Å². The zero-order valence-electron chi connectivity index (χ0n) is 15.3. The van der Waals surface area contributed by atoms with Crippen LogP contribution in [0.5, 0.6) is 0 Å². The van der Waals surface area contributed by atoms with Crippen molar-refractivity contribution in [2.24, 2.45) is 5.73 Å². The lowest BCUT2D eigenvalue weighted by molar-refractivity contribution is -0.117. The van der Waals surface area contributed by atoms with Gasteiger partial charge in [0.15, 0.2) is 0 Å². The molecule has 0 heterocycles. The second kappa shape index (κ2) is 8.59. The van der Waals surface area contributed by atoms with Crippen molar-refractivity contribution < 1.29 is 21.6 Å². The van der Waals surface area contributed by atoms with Crippen LogP contribution < -0.4 is 20.5 Å². The van der Waals surface area contributed by atoms with Gasteiger partial charge < -0.3 is 11.1 Å². The van der Waals surface area contributed by atoms with Gasteiger partial charge in [-0.25, -0.2) is 16.8 Å². The van der Waals surface area contributed by atoms with Crippen LogP contribution in [0.2, 0.25) is 0 Å². The summed E-state index contributed by atoms with van der Waals surface area (Å²) < 4.78 is 50.6. The molecule has 11 heteroatoms. The average Bonchev–Trinajstić information content (AvgIpc) is 2.53. The van der Waals surface area contributed by atoms with E-state index in [1.807, 2.05) is 6.07 Å². The van der Waals surface area contributed by atoms with Gasteiger partial charge in [0.05, 0.1) is 29.8 Å². The van der Waals surface area contributed by atoms with Crippen LogP contribution in [-0.4, -0.2) is 41.8 Å². The van der Waals surface area contributed by atoms with Crippen LogP contribution in [-0.2, 0) is 24.8 Å². The van der Waals surface area contributed by atoms with E-state index in [0.29, 0.717) is 0 Å². The van der Waals surface area contributed by atoms with Gasteiger partial charge in [-0.2, -0.15) is 0 Å². The monoisotopic (exact) mass is 426 g/mol. The molecule has 0 saturated heterocycles. The maximum atomic E-state index is 12.7. The Morgan fingerprint density at radius 2 is 1.36 bits per heavy atom. The molecule has 0 spiro atoms. The van der Waals surface area contributed by atoms with Crippen LogP contribution in [0.4, 0.5) is 17.1 Å². The van der Waals surface area contributed by atoms with E-state index in [1.54, 1.807) is 24.3 Å². The number of amides is 1. The Kier molecular flexibility index (Phi) is 6.65. The molecule has 1 amide bonds. The topological polar surface area (TPSA) is 147 Å². The van der Waals surface area contributed by atoms with Crippen molar-refractivity contribution in [2.75, 3.05) is 33.8 Å². The van der Waals surface area contributed by atoms with E-state index < -0.39 is 31.9 Å². The smallest absolute Gasteiger partial charge is 0.233 e. The van der Waals surface area contributed by atoms with E-state index in [4.69, 9.17) is 5.73 Å². The summed E-state index contributed by atoms with van der Waals surface area (Å²) in [5, 5.41) is 2.66. The quantitative estimate of drug-likeness (QED) is 0.497. The summed E-state index contributed by atoms with van der Waals surface area (Å²) in [6.45, 7) is 0.0611. The number of hydrogen-bond acceptors (Lipinski definition) is 6. The molecule has 5 N–H and O–H groups in total. The first kappa shape index (κ1) is 21.7. The predicted molar refractivity (Wildman–Crippen MR) is 110 cm³/mol. The number of carbonyl (C=O) groups excluding carboxylic acids is 1. The predicted octanol–water partition coefficient (Wildman–Crippen LogP) is 1.11. The van der Waals surface area contributed by atoms with E-state index in [0.717, 1.165) is 18.1 Å². The SMILES string of the molecule is CS(=O)(=O)Nc1cc(NC(=O)C(CN)c2ccccc2)cc(NS(C)(=O)=O)c1. The molecular weight excluding hydrogens is 404 g/mol. The highest BCUT2D eigenvalue weighted by atomic mass is 32.2. The summed E-state index contributed by atoms with van der Waals surface area (Å²) in [5.41, 5.74) is 6.86. The number of sulfonamides is 2. The van der Waals surface area contributed by atoms with Gasteiger partial charge in [-0.3, -0.25) is 14.2 Å². The zero-order valence-corrected chi connectivity index (χ0v) is 17.0. The molecule has 0 radical (unpaired) electrons. The van der Waals surface area contributed by atoms with E-state index in [1.165, 1.54) is 18.2 Å². The van der Waals surface area contributed by atoms with E-state index >= 15 is 0 Å². The fourth-order valence-electron chi connectivity index (χ4n) is 2.55. The molecule has 152 valence electrons. The fraction of sp³-hybridized carbons (Fsp3) is 0.235. The summed E-state index contributed by atoms with van der Waals surface area (Å²) in [7, 11) is -7.21. The highest BCUT2D eigenvalue weighted by Crippen LogP contribution is 2.25. The highest BCUT2D eigenvalue weighted by Gasteiger charge is 2.19. The standard InChI is InChI=1S/C17H22N4O5S2/c1-27(23,24)20-14-8-13(9-15(10-14)21-28(2,25)26)19-17(22)16(11-18)12-6-4-3-5-7-12/h3-10,16,20-21H,11,18H2,1-2H3,(H,19,22). The molecule has 0 saturated carbocycles. The molecule has 0 aliphatic rings. The number of carbonyl (C=O) groups is 1. The maximum absolute atomic E-state index is 12.7. The summed E-state index contributed by atoms with van der Waals surface area (Å²) in [4.78, 5) is 12.7. The Morgan fingerprint density at radius 1 is 0.893 bits per heavy atom. The molecule has 0 aliphatic heterocycles. The average molecular weight is 427 g/mol. The van der Waals surface area contributed by atoms with Crippen LogP contribution in [0.15, 0.2) is 48.5 Å².